The molecule has 0 bridgehead atoms. The maximum Gasteiger partial charge on any atom is 0.345 e. The third kappa shape index (κ3) is 3.47. The van der Waals surface area contributed by atoms with Crippen LogP contribution in [0.2, 0.25) is 0 Å². The lowest BCUT2D eigenvalue weighted by molar-refractivity contribution is 0.0522. The van der Waals surface area contributed by atoms with E-state index in [0.717, 1.165) is 17.7 Å². The Hall–Kier alpha value is -2.89. The van der Waals surface area contributed by atoms with Gasteiger partial charge in [-0.15, -0.1) is 0 Å². The van der Waals surface area contributed by atoms with Crippen LogP contribution < -0.4 is 10.9 Å². The third-order valence-corrected chi connectivity index (χ3v) is 4.29. The molecule has 2 heterocycles. The van der Waals surface area contributed by atoms with E-state index in [2.05, 4.69) is 17.2 Å². The van der Waals surface area contributed by atoms with Gasteiger partial charge < -0.3 is 10.1 Å². The van der Waals surface area contributed by atoms with Crippen molar-refractivity contribution in [2.45, 2.75) is 26.8 Å². The summed E-state index contributed by atoms with van der Waals surface area (Å²) < 4.78 is 6.49. The molecule has 1 unspecified atom stereocenters. The number of rotatable bonds is 4. The summed E-state index contributed by atoms with van der Waals surface area (Å²) in [5.74, 6) is 0.235. The van der Waals surface area contributed by atoms with Gasteiger partial charge in [-0.05, 0) is 31.4 Å². The lowest BCUT2D eigenvalue weighted by Gasteiger charge is -2.25. The molecule has 1 atom stereocenters. The summed E-state index contributed by atoms with van der Waals surface area (Å²) in [7, 11) is 0. The second kappa shape index (κ2) is 7.34. The highest BCUT2D eigenvalue weighted by Gasteiger charge is 2.25. The van der Waals surface area contributed by atoms with Crippen LogP contribution in [-0.2, 0) is 11.3 Å². The molecule has 0 amide bonds. The SMILES string of the molecule is CCOC(=O)c1cnc2n(c1=O)CCC(C)/C2=C\Nc1ccccc1. The lowest BCUT2D eigenvalue weighted by atomic mass is 9.94. The van der Waals surface area contributed by atoms with Gasteiger partial charge in [-0.3, -0.25) is 9.36 Å². The van der Waals surface area contributed by atoms with Gasteiger partial charge in [0.05, 0.1) is 6.61 Å². The van der Waals surface area contributed by atoms with Crippen molar-refractivity contribution in [3.05, 3.63) is 64.5 Å². The number of hydrogen-bond donors (Lipinski definition) is 1. The fourth-order valence-corrected chi connectivity index (χ4v) is 2.88. The molecule has 2 aromatic rings. The van der Waals surface area contributed by atoms with Crippen LogP contribution in [0.1, 0.15) is 36.5 Å². The predicted octanol–water partition coefficient (Wildman–Crippen LogP) is 2.91. The first-order valence-corrected chi connectivity index (χ1v) is 8.40. The molecule has 1 N–H and O–H groups in total. The molecule has 0 radical (unpaired) electrons. The highest BCUT2D eigenvalue weighted by molar-refractivity contribution is 5.88. The zero-order chi connectivity index (χ0) is 17.8. The Kier molecular flexibility index (Phi) is 4.97. The van der Waals surface area contributed by atoms with E-state index >= 15 is 0 Å². The molecule has 6 nitrogen and oxygen atoms in total. The summed E-state index contributed by atoms with van der Waals surface area (Å²) in [4.78, 5) is 28.9. The second-order valence-corrected chi connectivity index (χ2v) is 5.97. The minimum atomic E-state index is -0.623. The summed E-state index contributed by atoms with van der Waals surface area (Å²) in [5, 5.41) is 3.25. The van der Waals surface area contributed by atoms with Crippen molar-refractivity contribution in [3.8, 4) is 0 Å². The number of benzene rings is 1. The number of ether oxygens (including phenoxy) is 1. The lowest BCUT2D eigenvalue weighted by Crippen LogP contribution is -2.34. The fourth-order valence-electron chi connectivity index (χ4n) is 2.88. The number of carbonyl (C=O) groups excluding carboxylic acids is 1. The van der Waals surface area contributed by atoms with Crippen molar-refractivity contribution >= 4 is 17.2 Å². The van der Waals surface area contributed by atoms with E-state index in [-0.39, 0.29) is 23.6 Å². The molecule has 1 aromatic heterocycles. The largest absolute Gasteiger partial charge is 0.462 e. The molecule has 3 rings (SSSR count). The molecule has 1 aromatic carbocycles. The first-order chi connectivity index (χ1) is 12.1. The maximum absolute atomic E-state index is 12.6. The average Bonchev–Trinajstić information content (AvgIpc) is 2.62. The highest BCUT2D eigenvalue weighted by atomic mass is 16.5. The Morgan fingerprint density at radius 2 is 2.16 bits per heavy atom. The number of nitrogens with one attached hydrogen (secondary N) is 1. The number of allylic oxidation sites excluding steroid dienone is 1. The third-order valence-electron chi connectivity index (χ3n) is 4.29. The number of para-hydroxylation sites is 1. The number of fused-ring (bicyclic) bond motifs is 1. The molecule has 130 valence electrons. The molecule has 1 aliphatic rings. The van der Waals surface area contributed by atoms with Crippen LogP contribution in [0.25, 0.3) is 5.57 Å². The summed E-state index contributed by atoms with van der Waals surface area (Å²) in [6.45, 7) is 4.58. The zero-order valence-electron chi connectivity index (χ0n) is 14.4. The van der Waals surface area contributed by atoms with Crippen molar-refractivity contribution in [2.75, 3.05) is 11.9 Å². The van der Waals surface area contributed by atoms with Crippen LogP contribution in [0.4, 0.5) is 5.69 Å². The fraction of sp³-hybridized carbons (Fsp3) is 0.316. The Balaban J connectivity index is 1.97. The van der Waals surface area contributed by atoms with Gasteiger partial charge in [0.25, 0.3) is 5.56 Å². The number of carbonyl (C=O) groups is 1. The predicted molar refractivity (Wildman–Crippen MR) is 96.3 cm³/mol. The topological polar surface area (TPSA) is 73.2 Å². The van der Waals surface area contributed by atoms with Gasteiger partial charge in [0.2, 0.25) is 0 Å². The van der Waals surface area contributed by atoms with Crippen LogP contribution in [0.15, 0.2) is 47.5 Å². The zero-order valence-corrected chi connectivity index (χ0v) is 14.4. The van der Waals surface area contributed by atoms with Gasteiger partial charge >= 0.3 is 5.97 Å². The van der Waals surface area contributed by atoms with E-state index in [1.54, 1.807) is 11.5 Å². The summed E-state index contributed by atoms with van der Waals surface area (Å²) >= 11 is 0. The molecule has 0 saturated heterocycles. The van der Waals surface area contributed by atoms with Crippen molar-refractivity contribution in [1.29, 1.82) is 0 Å². The number of nitrogens with zero attached hydrogens (tertiary/aromatic N) is 2. The Morgan fingerprint density at radius 1 is 1.40 bits per heavy atom. The summed E-state index contributed by atoms with van der Waals surface area (Å²) in [6.07, 6.45) is 4.02. The standard InChI is InChI=1S/C19H21N3O3/c1-3-25-19(24)16-12-21-17-15(11-20-14-7-5-4-6-8-14)13(2)9-10-22(17)18(16)23/h4-8,11-13,20H,3,9-10H2,1-2H3/b15-11+. The molecule has 0 aliphatic carbocycles. The number of hydrogen-bond acceptors (Lipinski definition) is 5. The molecular formula is C19H21N3O3. The summed E-state index contributed by atoms with van der Waals surface area (Å²) in [6, 6.07) is 9.79. The highest BCUT2D eigenvalue weighted by Crippen LogP contribution is 2.29. The van der Waals surface area contributed by atoms with E-state index in [1.807, 2.05) is 36.5 Å². The van der Waals surface area contributed by atoms with Crippen LogP contribution >= 0.6 is 0 Å². The van der Waals surface area contributed by atoms with Crippen LogP contribution in [0.5, 0.6) is 0 Å². The number of anilines is 1. The summed E-state index contributed by atoms with van der Waals surface area (Å²) in [5.41, 5.74) is 1.55. The van der Waals surface area contributed by atoms with Gasteiger partial charge in [-0.1, -0.05) is 25.1 Å². The minimum absolute atomic E-state index is 0.0180. The van der Waals surface area contributed by atoms with E-state index in [1.165, 1.54) is 6.20 Å². The van der Waals surface area contributed by atoms with Crippen molar-refractivity contribution < 1.29 is 9.53 Å². The van der Waals surface area contributed by atoms with Gasteiger partial charge in [0.1, 0.15) is 11.4 Å². The normalized spacial score (nSPS) is 17.8. The molecule has 0 saturated carbocycles. The van der Waals surface area contributed by atoms with Gasteiger partial charge in [-0.25, -0.2) is 9.78 Å². The number of esters is 1. The second-order valence-electron chi connectivity index (χ2n) is 5.97. The Bertz CT molecular complexity index is 856. The molecule has 0 spiro atoms. The van der Waals surface area contributed by atoms with E-state index in [0.29, 0.717) is 12.4 Å². The van der Waals surface area contributed by atoms with Crippen LogP contribution in [0.3, 0.4) is 0 Å². The molecule has 1 aliphatic heterocycles. The molecular weight excluding hydrogens is 318 g/mol. The first-order valence-electron chi connectivity index (χ1n) is 8.40. The van der Waals surface area contributed by atoms with E-state index in [4.69, 9.17) is 4.74 Å². The van der Waals surface area contributed by atoms with Gasteiger partial charge in [-0.2, -0.15) is 0 Å². The molecule has 25 heavy (non-hydrogen) atoms. The Labute approximate surface area is 146 Å². The van der Waals surface area contributed by atoms with E-state index < -0.39 is 5.97 Å². The van der Waals surface area contributed by atoms with Crippen molar-refractivity contribution in [1.82, 2.24) is 9.55 Å². The maximum atomic E-state index is 12.6. The van der Waals surface area contributed by atoms with Crippen LogP contribution in [0, 0.1) is 5.92 Å². The van der Waals surface area contributed by atoms with E-state index in [9.17, 15) is 9.59 Å². The van der Waals surface area contributed by atoms with Gasteiger partial charge in [0, 0.05) is 30.2 Å². The van der Waals surface area contributed by atoms with Crippen molar-refractivity contribution in [3.63, 3.8) is 0 Å². The Morgan fingerprint density at radius 3 is 2.88 bits per heavy atom. The smallest absolute Gasteiger partial charge is 0.345 e. The molecule has 6 heteroatoms. The van der Waals surface area contributed by atoms with Gasteiger partial charge in [0.15, 0.2) is 0 Å². The monoisotopic (exact) mass is 339 g/mol. The molecule has 0 fully saturated rings. The van der Waals surface area contributed by atoms with Crippen molar-refractivity contribution in [2.24, 2.45) is 5.92 Å². The average molecular weight is 339 g/mol. The van der Waals surface area contributed by atoms with Crippen LogP contribution in [-0.4, -0.2) is 22.1 Å². The number of aromatic nitrogens is 2. The minimum Gasteiger partial charge on any atom is -0.462 e. The quantitative estimate of drug-likeness (QED) is 0.867. The first kappa shape index (κ1) is 17.0.